The molecule has 2 amide bonds. The maximum atomic E-state index is 12.8. The van der Waals surface area contributed by atoms with Gasteiger partial charge >= 0.3 is 6.03 Å². The number of hydrogen-bond donors (Lipinski definition) is 1. The molecule has 1 aromatic carbocycles. The first kappa shape index (κ1) is 18.3. The molecule has 1 N–H and O–H groups in total. The van der Waals surface area contributed by atoms with Gasteiger partial charge in [-0.15, -0.1) is 23.1 Å². The SMILES string of the molecule is CC(C)Sc1ccc(C(C)NC(=O)N2CCCC2c2cccs2)cc1. The maximum Gasteiger partial charge on any atom is 0.318 e. The monoisotopic (exact) mass is 374 g/mol. The normalized spacial score (nSPS) is 18.6. The number of rotatable bonds is 5. The van der Waals surface area contributed by atoms with Gasteiger partial charge in [0.05, 0.1) is 12.1 Å². The molecule has 2 heterocycles. The summed E-state index contributed by atoms with van der Waals surface area (Å²) >= 11 is 3.60. The second-order valence-electron chi connectivity index (χ2n) is 6.77. The molecule has 0 radical (unpaired) electrons. The van der Waals surface area contributed by atoms with Gasteiger partial charge in [0.2, 0.25) is 0 Å². The summed E-state index contributed by atoms with van der Waals surface area (Å²) in [4.78, 5) is 17.3. The fraction of sp³-hybridized carbons (Fsp3) is 0.450. The van der Waals surface area contributed by atoms with Crippen LogP contribution in [0, 0.1) is 0 Å². The minimum absolute atomic E-state index is 0.00943. The number of hydrogen-bond acceptors (Lipinski definition) is 3. The average molecular weight is 375 g/mol. The largest absolute Gasteiger partial charge is 0.331 e. The van der Waals surface area contributed by atoms with Crippen LogP contribution >= 0.6 is 23.1 Å². The lowest BCUT2D eigenvalue weighted by molar-refractivity contribution is 0.190. The Balaban J connectivity index is 1.62. The van der Waals surface area contributed by atoms with Crippen LogP contribution in [0.15, 0.2) is 46.7 Å². The number of amides is 2. The zero-order valence-corrected chi connectivity index (χ0v) is 16.7. The van der Waals surface area contributed by atoms with E-state index in [1.165, 1.54) is 9.77 Å². The van der Waals surface area contributed by atoms with Crippen molar-refractivity contribution in [3.63, 3.8) is 0 Å². The van der Waals surface area contributed by atoms with E-state index in [-0.39, 0.29) is 18.1 Å². The first-order chi connectivity index (χ1) is 12.0. The molecule has 3 nitrogen and oxygen atoms in total. The Labute approximate surface area is 158 Å². The topological polar surface area (TPSA) is 32.3 Å². The zero-order valence-electron chi connectivity index (χ0n) is 15.1. The summed E-state index contributed by atoms with van der Waals surface area (Å²) in [7, 11) is 0. The Hall–Kier alpha value is -1.46. The Morgan fingerprint density at radius 2 is 2.00 bits per heavy atom. The van der Waals surface area contributed by atoms with Crippen LogP contribution in [0.4, 0.5) is 4.79 Å². The summed E-state index contributed by atoms with van der Waals surface area (Å²) in [6.45, 7) is 7.28. The lowest BCUT2D eigenvalue weighted by Crippen LogP contribution is -2.40. The summed E-state index contributed by atoms with van der Waals surface area (Å²) in [5, 5.41) is 5.84. The first-order valence-electron chi connectivity index (χ1n) is 8.91. The van der Waals surface area contributed by atoms with Gasteiger partial charge in [-0.25, -0.2) is 4.79 Å². The van der Waals surface area contributed by atoms with Crippen LogP contribution in [0.2, 0.25) is 0 Å². The highest BCUT2D eigenvalue weighted by Crippen LogP contribution is 2.34. The van der Waals surface area contributed by atoms with Crippen LogP contribution in [-0.2, 0) is 0 Å². The van der Waals surface area contributed by atoms with Crippen LogP contribution < -0.4 is 5.32 Å². The molecular weight excluding hydrogens is 348 g/mol. The van der Waals surface area contributed by atoms with Crippen molar-refractivity contribution < 1.29 is 4.79 Å². The van der Waals surface area contributed by atoms with Crippen molar-refractivity contribution in [2.45, 2.75) is 55.8 Å². The van der Waals surface area contributed by atoms with Crippen LogP contribution in [-0.4, -0.2) is 22.7 Å². The second-order valence-corrected chi connectivity index (χ2v) is 9.40. The molecule has 2 atom stereocenters. The van der Waals surface area contributed by atoms with E-state index in [0.29, 0.717) is 5.25 Å². The van der Waals surface area contributed by atoms with Crippen molar-refractivity contribution in [1.29, 1.82) is 0 Å². The summed E-state index contributed by atoms with van der Waals surface area (Å²) in [5.41, 5.74) is 1.15. The van der Waals surface area contributed by atoms with Gasteiger partial charge < -0.3 is 10.2 Å². The number of likely N-dealkylation sites (tertiary alicyclic amines) is 1. The number of nitrogens with zero attached hydrogens (tertiary/aromatic N) is 1. The van der Waals surface area contributed by atoms with E-state index in [0.717, 1.165) is 24.9 Å². The molecule has 0 spiro atoms. The smallest absolute Gasteiger partial charge is 0.318 e. The number of carbonyl (C=O) groups is 1. The number of urea groups is 1. The van der Waals surface area contributed by atoms with E-state index >= 15 is 0 Å². The number of benzene rings is 1. The molecular formula is C20H26N2OS2. The number of carbonyl (C=O) groups excluding carboxylic acids is 1. The van der Waals surface area contributed by atoms with Crippen molar-refractivity contribution in [3.05, 3.63) is 52.2 Å². The summed E-state index contributed by atoms with van der Waals surface area (Å²) in [6, 6.07) is 13.0. The molecule has 0 bridgehead atoms. The van der Waals surface area contributed by atoms with Gasteiger partial charge in [0.25, 0.3) is 0 Å². The van der Waals surface area contributed by atoms with Crippen LogP contribution in [0.1, 0.15) is 56.1 Å². The molecule has 2 aromatic rings. The van der Waals surface area contributed by atoms with E-state index in [4.69, 9.17) is 0 Å². The molecule has 2 unspecified atom stereocenters. The van der Waals surface area contributed by atoms with Gasteiger partial charge in [0, 0.05) is 21.6 Å². The molecule has 1 aliphatic heterocycles. The van der Waals surface area contributed by atoms with Crippen molar-refractivity contribution in [3.8, 4) is 0 Å². The number of thioether (sulfide) groups is 1. The zero-order chi connectivity index (χ0) is 17.8. The molecule has 1 fully saturated rings. The highest BCUT2D eigenvalue weighted by Gasteiger charge is 2.31. The molecule has 1 aliphatic rings. The van der Waals surface area contributed by atoms with E-state index in [1.807, 2.05) is 16.7 Å². The third kappa shape index (κ3) is 4.59. The molecule has 0 aliphatic carbocycles. The first-order valence-corrected chi connectivity index (χ1v) is 10.7. The predicted molar refractivity (Wildman–Crippen MR) is 107 cm³/mol. The Morgan fingerprint density at radius 1 is 1.24 bits per heavy atom. The standard InChI is InChI=1S/C20H26N2OS2/c1-14(2)25-17-10-8-16(9-11-17)15(3)21-20(23)22-12-4-6-18(22)19-7-5-13-24-19/h5,7-11,13-15,18H,4,6,12H2,1-3H3,(H,21,23). The van der Waals surface area contributed by atoms with E-state index in [2.05, 4.69) is 67.9 Å². The predicted octanol–water partition coefficient (Wildman–Crippen LogP) is 5.86. The molecule has 134 valence electrons. The third-order valence-electron chi connectivity index (χ3n) is 4.48. The highest BCUT2D eigenvalue weighted by molar-refractivity contribution is 7.99. The fourth-order valence-corrected chi connectivity index (χ4v) is 4.96. The molecule has 0 saturated carbocycles. The van der Waals surface area contributed by atoms with Crippen molar-refractivity contribution in [1.82, 2.24) is 10.2 Å². The molecule has 25 heavy (non-hydrogen) atoms. The van der Waals surface area contributed by atoms with E-state index in [9.17, 15) is 4.79 Å². The number of thiophene rings is 1. The third-order valence-corrected chi connectivity index (χ3v) is 6.47. The van der Waals surface area contributed by atoms with Crippen molar-refractivity contribution in [2.24, 2.45) is 0 Å². The van der Waals surface area contributed by atoms with Gasteiger partial charge in [0.15, 0.2) is 0 Å². The van der Waals surface area contributed by atoms with Gasteiger partial charge in [-0.2, -0.15) is 0 Å². The molecule has 5 heteroatoms. The van der Waals surface area contributed by atoms with Crippen LogP contribution in [0.25, 0.3) is 0 Å². The van der Waals surface area contributed by atoms with Crippen molar-refractivity contribution in [2.75, 3.05) is 6.54 Å². The highest BCUT2D eigenvalue weighted by atomic mass is 32.2. The van der Waals surface area contributed by atoms with Gasteiger partial charge in [0.1, 0.15) is 0 Å². The molecule has 1 aromatic heterocycles. The Kier molecular flexibility index (Phi) is 6.07. The second kappa shape index (κ2) is 8.28. The number of nitrogens with one attached hydrogen (secondary N) is 1. The van der Waals surface area contributed by atoms with Crippen LogP contribution in [0.3, 0.4) is 0 Å². The van der Waals surface area contributed by atoms with Gasteiger partial charge in [-0.05, 0) is 48.9 Å². The lowest BCUT2D eigenvalue weighted by atomic mass is 10.1. The fourth-order valence-electron chi connectivity index (χ4n) is 3.25. The summed E-state index contributed by atoms with van der Waals surface area (Å²) in [6.07, 6.45) is 2.13. The van der Waals surface area contributed by atoms with E-state index in [1.54, 1.807) is 11.3 Å². The minimum atomic E-state index is 0.00943. The maximum absolute atomic E-state index is 12.8. The minimum Gasteiger partial charge on any atom is -0.331 e. The van der Waals surface area contributed by atoms with Gasteiger partial charge in [-0.3, -0.25) is 0 Å². The Morgan fingerprint density at radius 3 is 2.64 bits per heavy atom. The average Bonchev–Trinajstić information content (AvgIpc) is 3.26. The lowest BCUT2D eigenvalue weighted by Gasteiger charge is -2.26. The molecule has 1 saturated heterocycles. The molecule has 3 rings (SSSR count). The summed E-state index contributed by atoms with van der Waals surface area (Å²) < 4.78 is 0. The Bertz CT molecular complexity index is 682. The van der Waals surface area contributed by atoms with Crippen LogP contribution in [0.5, 0.6) is 0 Å². The summed E-state index contributed by atoms with van der Waals surface area (Å²) in [5.74, 6) is 0. The van der Waals surface area contributed by atoms with Crippen molar-refractivity contribution >= 4 is 29.1 Å². The van der Waals surface area contributed by atoms with E-state index < -0.39 is 0 Å². The quantitative estimate of drug-likeness (QED) is 0.665. The van der Waals surface area contributed by atoms with Gasteiger partial charge in [-0.1, -0.05) is 32.0 Å².